The lowest BCUT2D eigenvalue weighted by Crippen LogP contribution is -2.08. The zero-order chi connectivity index (χ0) is 9.97. The number of rotatable bonds is 2. The lowest BCUT2D eigenvalue weighted by Gasteiger charge is -2.03. The quantitative estimate of drug-likeness (QED) is 0.743. The highest BCUT2D eigenvalue weighted by atomic mass is 15.3. The molecule has 0 saturated carbocycles. The van der Waals surface area contributed by atoms with E-state index in [4.69, 9.17) is 5.73 Å². The number of hydrogen-bond donors (Lipinski definition) is 1. The van der Waals surface area contributed by atoms with Gasteiger partial charge in [0.05, 0.1) is 18.4 Å². The fourth-order valence-corrected chi connectivity index (χ4v) is 1.21. The van der Waals surface area contributed by atoms with E-state index >= 15 is 0 Å². The molecule has 5 heteroatoms. The van der Waals surface area contributed by atoms with Crippen LogP contribution >= 0.6 is 0 Å². The summed E-state index contributed by atoms with van der Waals surface area (Å²) in [6.07, 6.45) is 3.24. The minimum Gasteiger partial charge on any atom is -0.324 e. The van der Waals surface area contributed by atoms with Crippen LogP contribution in [0.15, 0.2) is 24.7 Å². The first kappa shape index (κ1) is 8.83. The molecule has 2 aromatic heterocycles. The monoisotopic (exact) mass is 189 g/mol. The molecular formula is C9H11N5. The van der Waals surface area contributed by atoms with Gasteiger partial charge in [0.1, 0.15) is 12.2 Å². The van der Waals surface area contributed by atoms with E-state index in [2.05, 4.69) is 15.1 Å². The first-order valence-corrected chi connectivity index (χ1v) is 4.33. The molecule has 14 heavy (non-hydrogen) atoms. The van der Waals surface area contributed by atoms with Gasteiger partial charge in [0.25, 0.3) is 0 Å². The largest absolute Gasteiger partial charge is 0.324 e. The van der Waals surface area contributed by atoms with Gasteiger partial charge in [-0.3, -0.25) is 4.98 Å². The summed E-state index contributed by atoms with van der Waals surface area (Å²) in [6.45, 7) is 2.31. The Hall–Kier alpha value is -1.75. The number of aromatic nitrogens is 4. The van der Waals surface area contributed by atoms with Gasteiger partial charge in [-0.05, 0) is 19.1 Å². The van der Waals surface area contributed by atoms with Gasteiger partial charge in [-0.25, -0.2) is 9.67 Å². The third-order valence-corrected chi connectivity index (χ3v) is 1.94. The van der Waals surface area contributed by atoms with Crippen LogP contribution in [-0.4, -0.2) is 19.7 Å². The van der Waals surface area contributed by atoms with Crippen molar-refractivity contribution in [2.24, 2.45) is 5.73 Å². The summed E-state index contributed by atoms with van der Waals surface area (Å²) in [5, 5.41) is 4.07. The average molecular weight is 189 g/mol. The molecule has 72 valence electrons. The van der Waals surface area contributed by atoms with E-state index in [-0.39, 0.29) is 0 Å². The average Bonchev–Trinajstić information content (AvgIpc) is 2.67. The molecule has 0 aliphatic carbocycles. The molecule has 2 aromatic rings. The molecule has 0 aliphatic heterocycles. The standard InChI is InChI=1S/C9H11N5/c1-7-2-3-8(5-11-7)14-9(4-10)12-6-13-14/h2-3,5-6H,4,10H2,1H3. The Kier molecular flexibility index (Phi) is 2.24. The fraction of sp³-hybridized carbons (Fsp3) is 0.222. The van der Waals surface area contributed by atoms with Gasteiger partial charge in [0.2, 0.25) is 0 Å². The summed E-state index contributed by atoms with van der Waals surface area (Å²) in [5.41, 5.74) is 7.38. The van der Waals surface area contributed by atoms with Crippen LogP contribution in [0, 0.1) is 6.92 Å². The maximum Gasteiger partial charge on any atom is 0.146 e. The van der Waals surface area contributed by atoms with Crippen LogP contribution in [-0.2, 0) is 6.54 Å². The predicted molar refractivity (Wildman–Crippen MR) is 51.8 cm³/mol. The van der Waals surface area contributed by atoms with Gasteiger partial charge >= 0.3 is 0 Å². The van der Waals surface area contributed by atoms with Gasteiger partial charge in [0.15, 0.2) is 0 Å². The molecule has 0 spiro atoms. The summed E-state index contributed by atoms with van der Waals surface area (Å²) in [7, 11) is 0. The Morgan fingerprint density at radius 2 is 2.21 bits per heavy atom. The van der Waals surface area contributed by atoms with Crippen molar-refractivity contribution >= 4 is 0 Å². The van der Waals surface area contributed by atoms with Crippen molar-refractivity contribution in [3.63, 3.8) is 0 Å². The molecule has 2 heterocycles. The summed E-state index contributed by atoms with van der Waals surface area (Å²) in [4.78, 5) is 8.21. The molecule has 5 nitrogen and oxygen atoms in total. The molecule has 0 unspecified atom stereocenters. The van der Waals surface area contributed by atoms with Crippen LogP contribution in [0.5, 0.6) is 0 Å². The smallest absolute Gasteiger partial charge is 0.146 e. The van der Waals surface area contributed by atoms with Crippen LogP contribution in [0.25, 0.3) is 5.69 Å². The van der Waals surface area contributed by atoms with Crippen molar-refractivity contribution in [1.29, 1.82) is 0 Å². The summed E-state index contributed by atoms with van der Waals surface area (Å²) < 4.78 is 1.69. The first-order chi connectivity index (χ1) is 6.81. The molecule has 0 atom stereocenters. The lowest BCUT2D eigenvalue weighted by atomic mass is 10.3. The van der Waals surface area contributed by atoms with E-state index in [1.165, 1.54) is 6.33 Å². The normalized spacial score (nSPS) is 10.4. The number of pyridine rings is 1. The van der Waals surface area contributed by atoms with Crippen molar-refractivity contribution in [2.75, 3.05) is 0 Å². The third kappa shape index (κ3) is 1.49. The van der Waals surface area contributed by atoms with Crippen molar-refractivity contribution < 1.29 is 0 Å². The highest BCUT2D eigenvalue weighted by molar-refractivity contribution is 5.28. The van der Waals surface area contributed by atoms with E-state index in [1.807, 2.05) is 19.1 Å². The summed E-state index contributed by atoms with van der Waals surface area (Å²) >= 11 is 0. The Morgan fingerprint density at radius 1 is 1.36 bits per heavy atom. The van der Waals surface area contributed by atoms with Crippen molar-refractivity contribution in [3.05, 3.63) is 36.2 Å². The van der Waals surface area contributed by atoms with E-state index in [0.29, 0.717) is 6.54 Å². The molecule has 0 radical (unpaired) electrons. The molecule has 0 aliphatic rings. The molecule has 0 aromatic carbocycles. The Bertz CT molecular complexity index is 417. The van der Waals surface area contributed by atoms with Crippen LogP contribution in [0.3, 0.4) is 0 Å². The highest BCUT2D eigenvalue weighted by Gasteiger charge is 2.03. The molecular weight excluding hydrogens is 178 g/mol. The first-order valence-electron chi connectivity index (χ1n) is 4.33. The molecule has 0 amide bonds. The zero-order valence-electron chi connectivity index (χ0n) is 7.88. The van der Waals surface area contributed by atoms with E-state index in [0.717, 1.165) is 17.2 Å². The van der Waals surface area contributed by atoms with E-state index < -0.39 is 0 Å². The molecule has 0 fully saturated rings. The van der Waals surface area contributed by atoms with Gasteiger partial charge in [-0.15, -0.1) is 0 Å². The SMILES string of the molecule is Cc1ccc(-n2ncnc2CN)cn1. The van der Waals surface area contributed by atoms with Gasteiger partial charge in [0, 0.05) is 5.69 Å². The van der Waals surface area contributed by atoms with Gasteiger partial charge in [-0.1, -0.05) is 0 Å². The molecule has 0 saturated heterocycles. The van der Waals surface area contributed by atoms with Crippen LogP contribution in [0.2, 0.25) is 0 Å². The van der Waals surface area contributed by atoms with Crippen molar-refractivity contribution in [1.82, 2.24) is 19.7 Å². The predicted octanol–water partition coefficient (Wildman–Crippen LogP) is 0.429. The second-order valence-corrected chi connectivity index (χ2v) is 2.95. The minimum absolute atomic E-state index is 0.369. The van der Waals surface area contributed by atoms with Gasteiger partial charge < -0.3 is 5.73 Å². The molecule has 2 rings (SSSR count). The minimum atomic E-state index is 0.369. The molecule has 2 N–H and O–H groups in total. The second-order valence-electron chi connectivity index (χ2n) is 2.95. The van der Waals surface area contributed by atoms with Gasteiger partial charge in [-0.2, -0.15) is 5.10 Å². The fourth-order valence-electron chi connectivity index (χ4n) is 1.21. The Labute approximate surface area is 81.6 Å². The zero-order valence-corrected chi connectivity index (χ0v) is 7.88. The Morgan fingerprint density at radius 3 is 2.86 bits per heavy atom. The summed E-state index contributed by atoms with van der Waals surface area (Å²) in [6, 6.07) is 3.87. The van der Waals surface area contributed by atoms with E-state index in [1.54, 1.807) is 10.9 Å². The number of nitrogens with zero attached hydrogens (tertiary/aromatic N) is 4. The highest BCUT2D eigenvalue weighted by Crippen LogP contribution is 2.06. The lowest BCUT2D eigenvalue weighted by molar-refractivity contribution is 0.785. The van der Waals surface area contributed by atoms with Crippen molar-refractivity contribution in [3.8, 4) is 5.69 Å². The maximum atomic E-state index is 5.52. The Balaban J connectivity index is 2.44. The number of aryl methyl sites for hydroxylation is 1. The van der Waals surface area contributed by atoms with Crippen LogP contribution in [0.1, 0.15) is 11.5 Å². The second kappa shape index (κ2) is 3.55. The molecule has 0 bridgehead atoms. The van der Waals surface area contributed by atoms with Crippen molar-refractivity contribution in [2.45, 2.75) is 13.5 Å². The van der Waals surface area contributed by atoms with E-state index in [9.17, 15) is 0 Å². The topological polar surface area (TPSA) is 69.6 Å². The number of hydrogen-bond acceptors (Lipinski definition) is 4. The van der Waals surface area contributed by atoms with Crippen LogP contribution < -0.4 is 5.73 Å². The third-order valence-electron chi connectivity index (χ3n) is 1.94. The summed E-state index contributed by atoms with van der Waals surface area (Å²) in [5.74, 6) is 0.732. The maximum absolute atomic E-state index is 5.52. The van der Waals surface area contributed by atoms with Crippen LogP contribution in [0.4, 0.5) is 0 Å². The number of nitrogens with two attached hydrogens (primary N) is 1.